The van der Waals surface area contributed by atoms with Crippen molar-refractivity contribution in [3.05, 3.63) is 35.2 Å². The first-order chi connectivity index (χ1) is 11.4. The molecule has 1 atom stereocenters. The molecule has 0 fully saturated rings. The molecule has 2 aromatic rings. The molecule has 0 amide bonds. The second-order valence-corrected chi connectivity index (χ2v) is 7.13. The van der Waals surface area contributed by atoms with Gasteiger partial charge in [-0.15, -0.1) is 0 Å². The number of nitrogens with zero attached hydrogens (tertiary/aromatic N) is 1. The zero-order valence-corrected chi connectivity index (χ0v) is 14.1. The average molecular weight is 354 g/mol. The molecule has 9 heteroatoms. The Hall–Kier alpha value is -2.10. The first-order valence-electron chi connectivity index (χ1n) is 7.38. The molecule has 2 heterocycles. The minimum atomic E-state index is -3.82. The summed E-state index contributed by atoms with van der Waals surface area (Å²) in [5.74, 6) is 1.34. The Balaban J connectivity index is 1.72. The molecule has 0 aliphatic carbocycles. The predicted molar refractivity (Wildman–Crippen MR) is 83.6 cm³/mol. The molecule has 130 valence electrons. The molecular formula is C15H18N2O6S. The maximum atomic E-state index is 12.3. The van der Waals surface area contributed by atoms with Crippen molar-refractivity contribution >= 4 is 10.0 Å². The third kappa shape index (κ3) is 3.23. The third-order valence-corrected chi connectivity index (χ3v) is 5.32. The molecule has 24 heavy (non-hydrogen) atoms. The van der Waals surface area contributed by atoms with E-state index in [-0.39, 0.29) is 22.9 Å². The summed E-state index contributed by atoms with van der Waals surface area (Å²) in [4.78, 5) is -0.00289. The number of ether oxygens (including phenoxy) is 2. The Kier molecular flexibility index (Phi) is 4.48. The van der Waals surface area contributed by atoms with E-state index < -0.39 is 16.1 Å². The van der Waals surface area contributed by atoms with Gasteiger partial charge in [0.2, 0.25) is 10.0 Å². The van der Waals surface area contributed by atoms with Crippen LogP contribution in [0.5, 0.6) is 11.5 Å². The zero-order valence-electron chi connectivity index (χ0n) is 13.3. The molecule has 0 spiro atoms. The summed E-state index contributed by atoms with van der Waals surface area (Å²) in [7, 11) is -3.82. The maximum Gasteiger partial charge on any atom is 0.246 e. The monoisotopic (exact) mass is 354 g/mol. The van der Waals surface area contributed by atoms with Crippen molar-refractivity contribution in [1.29, 1.82) is 0 Å². The highest BCUT2D eigenvalue weighted by molar-refractivity contribution is 7.89. The fourth-order valence-electron chi connectivity index (χ4n) is 2.50. The summed E-state index contributed by atoms with van der Waals surface area (Å²) in [6.45, 7) is 3.79. The van der Waals surface area contributed by atoms with Crippen LogP contribution in [0.15, 0.2) is 27.6 Å². The smallest absolute Gasteiger partial charge is 0.246 e. The molecule has 0 saturated heterocycles. The van der Waals surface area contributed by atoms with Gasteiger partial charge in [-0.25, -0.2) is 13.1 Å². The third-order valence-electron chi connectivity index (χ3n) is 3.65. The number of sulfonamides is 1. The van der Waals surface area contributed by atoms with Crippen LogP contribution < -0.4 is 14.2 Å². The van der Waals surface area contributed by atoms with Crippen molar-refractivity contribution in [2.75, 3.05) is 19.8 Å². The molecule has 3 rings (SSSR count). The van der Waals surface area contributed by atoms with Crippen LogP contribution >= 0.6 is 0 Å². The van der Waals surface area contributed by atoms with Crippen molar-refractivity contribution < 1.29 is 27.5 Å². The lowest BCUT2D eigenvalue weighted by molar-refractivity contribution is 0.165. The number of hydrogen-bond acceptors (Lipinski definition) is 7. The summed E-state index contributed by atoms with van der Waals surface area (Å²) in [5.41, 5.74) is 0.800. The van der Waals surface area contributed by atoms with E-state index in [1.807, 2.05) is 0 Å². The molecule has 0 radical (unpaired) electrons. The number of aliphatic hydroxyl groups excluding tert-OH is 1. The predicted octanol–water partition coefficient (Wildman–Crippen LogP) is 1.07. The van der Waals surface area contributed by atoms with Crippen molar-refractivity contribution in [1.82, 2.24) is 9.88 Å². The number of aliphatic hydroxyl groups is 1. The number of aryl methyl sites for hydroxylation is 2. The van der Waals surface area contributed by atoms with Crippen LogP contribution in [0.2, 0.25) is 0 Å². The van der Waals surface area contributed by atoms with Crippen LogP contribution in [-0.2, 0) is 10.0 Å². The second kappa shape index (κ2) is 6.42. The molecule has 1 aromatic heterocycles. The van der Waals surface area contributed by atoms with Gasteiger partial charge in [0.15, 0.2) is 17.3 Å². The number of nitrogens with one attached hydrogen (secondary N) is 1. The van der Waals surface area contributed by atoms with E-state index in [2.05, 4.69) is 9.88 Å². The van der Waals surface area contributed by atoms with Crippen molar-refractivity contribution in [2.24, 2.45) is 0 Å². The van der Waals surface area contributed by atoms with Crippen LogP contribution in [0.3, 0.4) is 0 Å². The molecule has 1 aromatic carbocycles. The van der Waals surface area contributed by atoms with Gasteiger partial charge in [0.25, 0.3) is 0 Å². The lowest BCUT2D eigenvalue weighted by Crippen LogP contribution is -2.29. The number of rotatable bonds is 5. The highest BCUT2D eigenvalue weighted by Gasteiger charge is 2.25. The van der Waals surface area contributed by atoms with E-state index in [0.717, 1.165) is 0 Å². The van der Waals surface area contributed by atoms with Crippen molar-refractivity contribution in [2.45, 2.75) is 24.8 Å². The zero-order chi connectivity index (χ0) is 17.3. The Morgan fingerprint density at radius 2 is 1.96 bits per heavy atom. The van der Waals surface area contributed by atoms with E-state index in [4.69, 9.17) is 14.0 Å². The summed E-state index contributed by atoms with van der Waals surface area (Å²) < 4.78 is 42.8. The number of aromatic nitrogens is 1. The molecule has 0 saturated carbocycles. The number of benzene rings is 1. The van der Waals surface area contributed by atoms with Gasteiger partial charge in [-0.3, -0.25) is 0 Å². The fraction of sp³-hybridized carbons (Fsp3) is 0.400. The molecule has 8 nitrogen and oxygen atoms in total. The first-order valence-corrected chi connectivity index (χ1v) is 8.87. The molecule has 0 unspecified atom stereocenters. The van der Waals surface area contributed by atoms with E-state index >= 15 is 0 Å². The van der Waals surface area contributed by atoms with E-state index in [0.29, 0.717) is 30.3 Å². The van der Waals surface area contributed by atoms with Gasteiger partial charge < -0.3 is 19.1 Å². The first kappa shape index (κ1) is 16.7. The van der Waals surface area contributed by atoms with E-state index in [1.165, 1.54) is 6.92 Å². The van der Waals surface area contributed by atoms with Crippen molar-refractivity contribution in [3.8, 4) is 11.5 Å². The number of fused-ring (bicyclic) bond motifs is 1. The quantitative estimate of drug-likeness (QED) is 0.826. The Morgan fingerprint density at radius 3 is 2.62 bits per heavy atom. The summed E-state index contributed by atoms with van der Waals surface area (Å²) in [6.07, 6.45) is -1.03. The van der Waals surface area contributed by atoms with Gasteiger partial charge in [-0.05, 0) is 31.5 Å². The average Bonchev–Trinajstić information content (AvgIpc) is 2.91. The standard InChI is InChI=1S/C15H18N2O6S/c1-9-15(10(2)23-17-9)24(19,20)16-8-12(18)11-3-4-13-14(7-11)22-6-5-21-13/h3-4,7,12,16,18H,5-6,8H2,1-2H3/t12-/m1/s1. The Labute approximate surface area is 139 Å². The van der Waals surface area contributed by atoms with Gasteiger partial charge in [0, 0.05) is 6.54 Å². The minimum absolute atomic E-state index is 0.00289. The molecule has 2 N–H and O–H groups in total. The number of hydrogen-bond donors (Lipinski definition) is 2. The molecule has 1 aliphatic heterocycles. The van der Waals surface area contributed by atoms with Crippen LogP contribution in [-0.4, -0.2) is 38.4 Å². The van der Waals surface area contributed by atoms with Gasteiger partial charge in [-0.2, -0.15) is 0 Å². The van der Waals surface area contributed by atoms with Gasteiger partial charge >= 0.3 is 0 Å². The van der Waals surface area contributed by atoms with Crippen LogP contribution in [0, 0.1) is 13.8 Å². The summed E-state index contributed by atoms with van der Waals surface area (Å²) >= 11 is 0. The highest BCUT2D eigenvalue weighted by atomic mass is 32.2. The topological polar surface area (TPSA) is 111 Å². The SMILES string of the molecule is Cc1noc(C)c1S(=O)(=O)NC[C@@H](O)c1ccc2c(c1)OCCO2. The van der Waals surface area contributed by atoms with Crippen LogP contribution in [0.4, 0.5) is 0 Å². The summed E-state index contributed by atoms with van der Waals surface area (Å²) in [5, 5.41) is 13.9. The summed E-state index contributed by atoms with van der Waals surface area (Å²) in [6, 6.07) is 5.00. The van der Waals surface area contributed by atoms with Gasteiger partial charge in [-0.1, -0.05) is 11.2 Å². The van der Waals surface area contributed by atoms with E-state index in [9.17, 15) is 13.5 Å². The Bertz CT molecular complexity index is 826. The van der Waals surface area contributed by atoms with E-state index in [1.54, 1.807) is 25.1 Å². The van der Waals surface area contributed by atoms with Gasteiger partial charge in [0.1, 0.15) is 23.8 Å². The molecule has 1 aliphatic rings. The highest BCUT2D eigenvalue weighted by Crippen LogP contribution is 2.32. The van der Waals surface area contributed by atoms with Gasteiger partial charge in [0.05, 0.1) is 6.10 Å². The van der Waals surface area contributed by atoms with Crippen LogP contribution in [0.25, 0.3) is 0 Å². The maximum absolute atomic E-state index is 12.3. The van der Waals surface area contributed by atoms with Crippen LogP contribution in [0.1, 0.15) is 23.1 Å². The molecular weight excluding hydrogens is 336 g/mol. The minimum Gasteiger partial charge on any atom is -0.486 e. The second-order valence-electron chi connectivity index (χ2n) is 5.42. The lowest BCUT2D eigenvalue weighted by Gasteiger charge is -2.20. The fourth-order valence-corrected chi connectivity index (χ4v) is 3.87. The van der Waals surface area contributed by atoms with Crippen molar-refractivity contribution in [3.63, 3.8) is 0 Å². The largest absolute Gasteiger partial charge is 0.486 e. The normalized spacial score (nSPS) is 15.3. The Morgan fingerprint density at radius 1 is 1.25 bits per heavy atom. The lowest BCUT2D eigenvalue weighted by atomic mass is 10.1. The molecule has 0 bridgehead atoms.